The van der Waals surface area contributed by atoms with E-state index in [9.17, 15) is 4.79 Å². The second kappa shape index (κ2) is 8.99. The molecule has 2 heterocycles. The van der Waals surface area contributed by atoms with Crippen molar-refractivity contribution < 1.29 is 4.79 Å². The number of amides is 2. The monoisotopic (exact) mass is 392 g/mol. The molecule has 2 amide bonds. The van der Waals surface area contributed by atoms with Crippen LogP contribution in [0, 0.1) is 0 Å². The van der Waals surface area contributed by atoms with Gasteiger partial charge in [0.1, 0.15) is 5.01 Å². The molecule has 0 aliphatic carbocycles. The Hall–Kier alpha value is -2.70. The van der Waals surface area contributed by atoms with Gasteiger partial charge in [0.2, 0.25) is 0 Å². The molecule has 28 heavy (non-hydrogen) atoms. The number of carbonyl (C=O) groups is 1. The van der Waals surface area contributed by atoms with E-state index in [4.69, 9.17) is 0 Å². The average molecular weight is 393 g/mol. The van der Waals surface area contributed by atoms with Crippen molar-refractivity contribution in [3.8, 4) is 11.3 Å². The maximum atomic E-state index is 12.5. The maximum Gasteiger partial charge on any atom is 0.317 e. The van der Waals surface area contributed by atoms with Gasteiger partial charge >= 0.3 is 6.03 Å². The Kier molecular flexibility index (Phi) is 5.99. The van der Waals surface area contributed by atoms with E-state index < -0.39 is 0 Å². The van der Waals surface area contributed by atoms with Gasteiger partial charge in [0.15, 0.2) is 0 Å². The van der Waals surface area contributed by atoms with Crippen molar-refractivity contribution in [3.63, 3.8) is 0 Å². The third kappa shape index (κ3) is 4.77. The van der Waals surface area contributed by atoms with E-state index in [-0.39, 0.29) is 6.03 Å². The van der Waals surface area contributed by atoms with Crippen LogP contribution in [0.1, 0.15) is 10.6 Å². The molecule has 0 unspecified atom stereocenters. The zero-order chi connectivity index (χ0) is 19.2. The molecule has 6 heteroatoms. The number of hydrogen-bond donors (Lipinski definition) is 1. The molecular weight excluding hydrogens is 368 g/mol. The molecule has 0 saturated carbocycles. The summed E-state index contributed by atoms with van der Waals surface area (Å²) in [6.45, 7) is 4.73. The number of nitrogens with zero attached hydrogens (tertiary/aromatic N) is 3. The van der Waals surface area contributed by atoms with Crippen molar-refractivity contribution >= 4 is 17.4 Å². The maximum absolute atomic E-state index is 12.5. The van der Waals surface area contributed by atoms with E-state index in [0.717, 1.165) is 49.0 Å². The number of aromatic nitrogens is 1. The van der Waals surface area contributed by atoms with Crippen LogP contribution in [0.5, 0.6) is 0 Å². The first-order valence-electron chi connectivity index (χ1n) is 9.57. The number of carbonyl (C=O) groups excluding carboxylic acids is 1. The Labute approximate surface area is 169 Å². The normalized spacial score (nSPS) is 14.8. The molecule has 1 N–H and O–H groups in total. The molecule has 1 aliphatic rings. The molecule has 0 radical (unpaired) electrons. The molecule has 144 valence electrons. The second-order valence-corrected chi connectivity index (χ2v) is 7.84. The third-order valence-electron chi connectivity index (χ3n) is 4.92. The summed E-state index contributed by atoms with van der Waals surface area (Å²) in [5.41, 5.74) is 3.38. The lowest BCUT2D eigenvalue weighted by atomic mass is 10.2. The minimum absolute atomic E-state index is 0.00387. The fraction of sp³-hybridized carbons (Fsp3) is 0.273. The van der Waals surface area contributed by atoms with Crippen LogP contribution in [0.3, 0.4) is 0 Å². The van der Waals surface area contributed by atoms with Crippen molar-refractivity contribution in [2.75, 3.05) is 26.2 Å². The Morgan fingerprint density at radius 3 is 2.36 bits per heavy atom. The highest BCUT2D eigenvalue weighted by atomic mass is 32.1. The zero-order valence-electron chi connectivity index (χ0n) is 15.8. The van der Waals surface area contributed by atoms with Crippen LogP contribution in [-0.2, 0) is 13.1 Å². The number of urea groups is 1. The first-order valence-corrected chi connectivity index (χ1v) is 10.4. The van der Waals surface area contributed by atoms with Gasteiger partial charge in [-0.25, -0.2) is 9.78 Å². The zero-order valence-corrected chi connectivity index (χ0v) is 16.6. The van der Waals surface area contributed by atoms with E-state index >= 15 is 0 Å². The summed E-state index contributed by atoms with van der Waals surface area (Å²) in [4.78, 5) is 21.4. The van der Waals surface area contributed by atoms with Crippen LogP contribution < -0.4 is 5.32 Å². The predicted molar refractivity (Wildman–Crippen MR) is 113 cm³/mol. The van der Waals surface area contributed by atoms with Gasteiger partial charge in [-0.3, -0.25) is 4.90 Å². The highest BCUT2D eigenvalue weighted by Gasteiger charge is 2.21. The summed E-state index contributed by atoms with van der Waals surface area (Å²) in [5.74, 6) is 0. The lowest BCUT2D eigenvalue weighted by Crippen LogP contribution is -2.51. The number of hydrogen-bond acceptors (Lipinski definition) is 4. The lowest BCUT2D eigenvalue weighted by molar-refractivity contribution is 0.135. The fourth-order valence-electron chi connectivity index (χ4n) is 3.35. The first kappa shape index (κ1) is 18.7. The van der Waals surface area contributed by atoms with Crippen molar-refractivity contribution in [2.45, 2.75) is 13.1 Å². The molecule has 0 spiro atoms. The lowest BCUT2D eigenvalue weighted by Gasteiger charge is -2.34. The highest BCUT2D eigenvalue weighted by Crippen LogP contribution is 2.21. The van der Waals surface area contributed by atoms with Crippen molar-refractivity contribution in [2.24, 2.45) is 0 Å². The predicted octanol–water partition coefficient (Wildman–Crippen LogP) is 3.84. The summed E-state index contributed by atoms with van der Waals surface area (Å²) in [6.07, 6.45) is 0. The number of piperazine rings is 1. The van der Waals surface area contributed by atoms with Gasteiger partial charge in [0.05, 0.1) is 12.2 Å². The standard InChI is InChI=1S/C22H24N4OS/c27-22(23-15-21-24-20(17-28-21)19-9-5-2-6-10-19)26-13-11-25(12-14-26)16-18-7-3-1-4-8-18/h1-10,17H,11-16H2,(H,23,27). The van der Waals surface area contributed by atoms with Crippen LogP contribution >= 0.6 is 11.3 Å². The van der Waals surface area contributed by atoms with Gasteiger partial charge in [0.25, 0.3) is 0 Å². The molecule has 0 atom stereocenters. The fourth-order valence-corrected chi connectivity index (χ4v) is 4.09. The molecule has 1 fully saturated rings. The van der Waals surface area contributed by atoms with Gasteiger partial charge in [-0.1, -0.05) is 60.7 Å². The van der Waals surface area contributed by atoms with E-state index in [1.807, 2.05) is 46.7 Å². The molecule has 1 aromatic heterocycles. The summed E-state index contributed by atoms with van der Waals surface area (Å²) in [7, 11) is 0. The highest BCUT2D eigenvalue weighted by molar-refractivity contribution is 7.09. The van der Waals surface area contributed by atoms with Crippen molar-refractivity contribution in [1.29, 1.82) is 0 Å². The van der Waals surface area contributed by atoms with E-state index in [0.29, 0.717) is 6.54 Å². The molecule has 1 aliphatic heterocycles. The summed E-state index contributed by atoms with van der Waals surface area (Å²) in [5, 5.41) is 5.98. The topological polar surface area (TPSA) is 48.5 Å². The van der Waals surface area contributed by atoms with Crippen LogP contribution in [0.15, 0.2) is 66.0 Å². The number of nitrogens with one attached hydrogen (secondary N) is 1. The Morgan fingerprint density at radius 1 is 0.964 bits per heavy atom. The summed E-state index contributed by atoms with van der Waals surface area (Å²) >= 11 is 1.58. The van der Waals surface area contributed by atoms with Crippen molar-refractivity contribution in [3.05, 3.63) is 76.6 Å². The molecule has 1 saturated heterocycles. The van der Waals surface area contributed by atoms with Crippen LogP contribution in [0.4, 0.5) is 4.79 Å². The van der Waals surface area contributed by atoms with Crippen LogP contribution in [0.2, 0.25) is 0 Å². The van der Waals surface area contributed by atoms with Gasteiger partial charge in [-0.15, -0.1) is 11.3 Å². The SMILES string of the molecule is O=C(NCc1nc(-c2ccccc2)cs1)N1CCN(Cc2ccccc2)CC1. The Bertz CT molecular complexity index is 889. The summed E-state index contributed by atoms with van der Waals surface area (Å²) < 4.78 is 0. The van der Waals surface area contributed by atoms with Crippen LogP contribution in [0.25, 0.3) is 11.3 Å². The number of benzene rings is 2. The van der Waals surface area contributed by atoms with E-state index in [2.05, 4.69) is 39.5 Å². The minimum atomic E-state index is -0.00387. The molecule has 5 nitrogen and oxygen atoms in total. The van der Waals surface area contributed by atoms with E-state index in [1.165, 1.54) is 5.56 Å². The first-order chi connectivity index (χ1) is 13.8. The minimum Gasteiger partial charge on any atom is -0.331 e. The second-order valence-electron chi connectivity index (χ2n) is 6.90. The largest absolute Gasteiger partial charge is 0.331 e. The summed E-state index contributed by atoms with van der Waals surface area (Å²) in [6, 6.07) is 20.6. The van der Waals surface area contributed by atoms with Crippen LogP contribution in [-0.4, -0.2) is 47.0 Å². The Morgan fingerprint density at radius 2 is 1.64 bits per heavy atom. The van der Waals surface area contributed by atoms with Gasteiger partial charge in [-0.05, 0) is 5.56 Å². The molecular formula is C22H24N4OS. The van der Waals surface area contributed by atoms with Gasteiger partial charge in [-0.2, -0.15) is 0 Å². The molecule has 4 rings (SSSR count). The van der Waals surface area contributed by atoms with E-state index in [1.54, 1.807) is 11.3 Å². The number of thiazole rings is 1. The molecule has 0 bridgehead atoms. The quantitative estimate of drug-likeness (QED) is 0.718. The smallest absolute Gasteiger partial charge is 0.317 e. The van der Waals surface area contributed by atoms with Gasteiger partial charge in [0, 0.05) is 43.7 Å². The average Bonchev–Trinajstić information content (AvgIpc) is 3.23. The van der Waals surface area contributed by atoms with Gasteiger partial charge < -0.3 is 10.2 Å². The Balaban J connectivity index is 1.23. The third-order valence-corrected chi connectivity index (χ3v) is 5.77. The van der Waals surface area contributed by atoms with Crippen molar-refractivity contribution in [1.82, 2.24) is 20.1 Å². The number of rotatable bonds is 5. The molecule has 2 aromatic carbocycles. The molecule has 3 aromatic rings.